The molecule has 0 amide bonds. The molecule has 0 aromatic heterocycles. The Hall–Kier alpha value is -3.80. The van der Waals surface area contributed by atoms with E-state index in [2.05, 4.69) is 0 Å². The summed E-state index contributed by atoms with van der Waals surface area (Å²) in [6.45, 7) is 1.69. The Morgan fingerprint density at radius 1 is 0.667 bits per heavy atom. The average molecular weight is 364 g/mol. The molecule has 0 radical (unpaired) electrons. The third kappa shape index (κ3) is 3.46. The van der Waals surface area contributed by atoms with Crippen LogP contribution in [0.5, 0.6) is 11.5 Å². The van der Waals surface area contributed by atoms with E-state index in [0.29, 0.717) is 27.8 Å². The lowest BCUT2D eigenvalue weighted by Gasteiger charge is -2.10. The van der Waals surface area contributed by atoms with Gasteiger partial charge in [-0.2, -0.15) is 0 Å². The zero-order valence-corrected chi connectivity index (χ0v) is 14.3. The van der Waals surface area contributed by atoms with Crippen molar-refractivity contribution in [1.29, 1.82) is 0 Å². The lowest BCUT2D eigenvalue weighted by atomic mass is 9.96. The van der Waals surface area contributed by atoms with E-state index in [-0.39, 0.29) is 22.6 Å². The molecule has 0 aliphatic carbocycles. The van der Waals surface area contributed by atoms with Gasteiger partial charge in [0.15, 0.2) is 0 Å². The van der Waals surface area contributed by atoms with E-state index in [0.717, 1.165) is 0 Å². The van der Waals surface area contributed by atoms with Gasteiger partial charge in [0.05, 0.1) is 5.56 Å². The number of hydrogen-bond acceptors (Lipinski definition) is 4. The maximum Gasteiger partial charge on any atom is 0.339 e. The van der Waals surface area contributed by atoms with Crippen molar-refractivity contribution in [1.82, 2.24) is 0 Å². The zero-order valence-electron chi connectivity index (χ0n) is 14.3. The number of carbonyl (C=O) groups is 2. The molecule has 3 aromatic carbocycles. The summed E-state index contributed by atoms with van der Waals surface area (Å²) in [6.07, 6.45) is 0. The second-order valence-electron chi connectivity index (χ2n) is 6.10. The first-order chi connectivity index (χ1) is 12.8. The van der Waals surface area contributed by atoms with Crippen LogP contribution in [0.4, 0.5) is 0 Å². The minimum atomic E-state index is -1.22. The van der Waals surface area contributed by atoms with Crippen molar-refractivity contribution in [2.45, 2.75) is 6.92 Å². The lowest BCUT2D eigenvalue weighted by Crippen LogP contribution is -1.99. The van der Waals surface area contributed by atoms with Gasteiger partial charge in [0.1, 0.15) is 17.1 Å². The van der Waals surface area contributed by atoms with Gasteiger partial charge in [-0.25, -0.2) is 9.59 Å². The number of aryl methyl sites for hydroxylation is 1. The molecule has 6 heteroatoms. The Kier molecular flexibility index (Phi) is 4.56. The molecule has 0 aliphatic heterocycles. The summed E-state index contributed by atoms with van der Waals surface area (Å²) in [5.74, 6) is -2.61. The number of benzene rings is 3. The van der Waals surface area contributed by atoms with Crippen molar-refractivity contribution in [3.63, 3.8) is 0 Å². The van der Waals surface area contributed by atoms with Crippen LogP contribution in [-0.2, 0) is 0 Å². The molecule has 27 heavy (non-hydrogen) atoms. The minimum Gasteiger partial charge on any atom is -0.507 e. The molecule has 0 saturated carbocycles. The summed E-state index contributed by atoms with van der Waals surface area (Å²) in [7, 11) is 0. The Bertz CT molecular complexity index is 1070. The second kappa shape index (κ2) is 6.84. The van der Waals surface area contributed by atoms with Gasteiger partial charge >= 0.3 is 11.9 Å². The normalized spacial score (nSPS) is 10.6. The Morgan fingerprint density at radius 3 is 1.70 bits per heavy atom. The molecule has 0 unspecified atom stereocenters. The highest BCUT2D eigenvalue weighted by atomic mass is 16.4. The summed E-state index contributed by atoms with van der Waals surface area (Å²) in [4.78, 5) is 22.1. The van der Waals surface area contributed by atoms with Crippen molar-refractivity contribution >= 4 is 11.9 Å². The molecule has 0 fully saturated rings. The van der Waals surface area contributed by atoms with Crippen molar-refractivity contribution in [2.75, 3.05) is 0 Å². The fourth-order valence-electron chi connectivity index (χ4n) is 2.92. The quantitative estimate of drug-likeness (QED) is 0.553. The molecular weight excluding hydrogens is 348 g/mol. The van der Waals surface area contributed by atoms with Crippen LogP contribution in [-0.4, -0.2) is 32.4 Å². The highest BCUT2D eigenvalue weighted by Gasteiger charge is 2.13. The van der Waals surface area contributed by atoms with E-state index in [4.69, 9.17) is 10.2 Å². The van der Waals surface area contributed by atoms with Crippen LogP contribution < -0.4 is 0 Å². The molecule has 0 heterocycles. The van der Waals surface area contributed by atoms with Crippen molar-refractivity contribution in [2.24, 2.45) is 0 Å². The van der Waals surface area contributed by atoms with Crippen molar-refractivity contribution in [3.8, 4) is 33.8 Å². The van der Waals surface area contributed by atoms with Gasteiger partial charge in [0.2, 0.25) is 0 Å². The summed E-state index contributed by atoms with van der Waals surface area (Å²) in [6, 6.07) is 13.9. The summed E-state index contributed by atoms with van der Waals surface area (Å²) < 4.78 is 0. The van der Waals surface area contributed by atoms with E-state index < -0.39 is 11.9 Å². The first kappa shape index (κ1) is 18.0. The predicted molar refractivity (Wildman–Crippen MR) is 99.3 cm³/mol. The van der Waals surface area contributed by atoms with E-state index in [1.165, 1.54) is 24.3 Å². The maximum atomic E-state index is 11.1. The highest BCUT2D eigenvalue weighted by molar-refractivity contribution is 5.92. The third-order valence-corrected chi connectivity index (χ3v) is 4.33. The van der Waals surface area contributed by atoms with E-state index >= 15 is 0 Å². The van der Waals surface area contributed by atoms with Crippen LogP contribution in [0.25, 0.3) is 22.3 Å². The van der Waals surface area contributed by atoms with E-state index in [1.807, 2.05) is 0 Å². The van der Waals surface area contributed by atoms with E-state index in [1.54, 1.807) is 37.3 Å². The monoisotopic (exact) mass is 364 g/mol. The first-order valence-corrected chi connectivity index (χ1v) is 8.02. The second-order valence-corrected chi connectivity index (χ2v) is 6.10. The van der Waals surface area contributed by atoms with Crippen molar-refractivity contribution < 1.29 is 30.0 Å². The fourth-order valence-corrected chi connectivity index (χ4v) is 2.92. The number of phenols is 2. The molecule has 6 nitrogen and oxygen atoms in total. The molecule has 0 aliphatic rings. The van der Waals surface area contributed by atoms with Crippen LogP contribution in [0.2, 0.25) is 0 Å². The minimum absolute atomic E-state index is 0.0169. The number of aromatic carboxylic acids is 2. The number of carboxylic acids is 2. The molecule has 0 atom stereocenters. The van der Waals surface area contributed by atoms with E-state index in [9.17, 15) is 19.8 Å². The molecule has 4 N–H and O–H groups in total. The number of phenolic OH excluding ortho intramolecular Hbond substituents is 1. The molecule has 3 rings (SSSR count). The van der Waals surface area contributed by atoms with Crippen molar-refractivity contribution in [3.05, 3.63) is 71.3 Å². The highest BCUT2D eigenvalue weighted by Crippen LogP contribution is 2.35. The Morgan fingerprint density at radius 2 is 1.19 bits per heavy atom. The molecule has 0 spiro atoms. The number of carboxylic acid groups (broad SMARTS) is 2. The van der Waals surface area contributed by atoms with Gasteiger partial charge in [0, 0.05) is 5.56 Å². The van der Waals surface area contributed by atoms with Crippen LogP contribution in [0.15, 0.2) is 54.6 Å². The van der Waals surface area contributed by atoms with Gasteiger partial charge < -0.3 is 20.4 Å². The van der Waals surface area contributed by atoms with Gasteiger partial charge in [-0.1, -0.05) is 30.3 Å². The summed E-state index contributed by atoms with van der Waals surface area (Å²) >= 11 is 0. The maximum absolute atomic E-state index is 11.1. The zero-order chi connectivity index (χ0) is 19.7. The topological polar surface area (TPSA) is 115 Å². The molecular formula is C21H16O6. The summed E-state index contributed by atoms with van der Waals surface area (Å²) in [5, 5.41) is 38.3. The van der Waals surface area contributed by atoms with Crippen LogP contribution >= 0.6 is 0 Å². The van der Waals surface area contributed by atoms with Crippen LogP contribution in [0, 0.1) is 6.92 Å². The van der Waals surface area contributed by atoms with Gasteiger partial charge in [0.25, 0.3) is 0 Å². The predicted octanol–water partition coefficient (Wildman–Crippen LogP) is 4.14. The number of rotatable bonds is 4. The number of aromatic hydroxyl groups is 2. The first-order valence-electron chi connectivity index (χ1n) is 8.02. The molecule has 3 aromatic rings. The Balaban J connectivity index is 1.99. The average Bonchev–Trinajstić information content (AvgIpc) is 2.60. The lowest BCUT2D eigenvalue weighted by molar-refractivity contribution is 0.0683. The van der Waals surface area contributed by atoms with Crippen LogP contribution in [0.1, 0.15) is 26.3 Å². The molecule has 0 bridgehead atoms. The summed E-state index contributed by atoms with van der Waals surface area (Å²) in [5.41, 5.74) is 2.94. The third-order valence-electron chi connectivity index (χ3n) is 4.33. The standard InChI is InChI=1S/C21H16O6/c1-11-8-14(4-5-15(11)20(24)25)16-6-2-12(9-18(16)22)13-3-7-17(21(26)27)19(23)10-13/h2-10,22-23H,1H3,(H,24,25)(H,26,27). The Labute approximate surface area is 154 Å². The van der Waals surface area contributed by atoms with Gasteiger partial charge in [-0.3, -0.25) is 0 Å². The largest absolute Gasteiger partial charge is 0.507 e. The van der Waals surface area contributed by atoms with Gasteiger partial charge in [-0.05, 0) is 53.4 Å². The molecule has 136 valence electrons. The SMILES string of the molecule is Cc1cc(-c2ccc(-c3ccc(C(=O)O)c(O)c3)cc2O)ccc1C(=O)O. The smallest absolute Gasteiger partial charge is 0.339 e. The van der Waals surface area contributed by atoms with Crippen LogP contribution in [0.3, 0.4) is 0 Å². The fraction of sp³-hybridized carbons (Fsp3) is 0.0476. The number of hydrogen-bond donors (Lipinski definition) is 4. The van der Waals surface area contributed by atoms with Gasteiger partial charge in [-0.15, -0.1) is 0 Å². The molecule has 0 saturated heterocycles.